The van der Waals surface area contributed by atoms with E-state index in [0.29, 0.717) is 5.92 Å². The minimum absolute atomic E-state index is 0.202. The van der Waals surface area contributed by atoms with Gasteiger partial charge in [-0.2, -0.15) is 0 Å². The van der Waals surface area contributed by atoms with Gasteiger partial charge >= 0.3 is 0 Å². The highest BCUT2D eigenvalue weighted by molar-refractivity contribution is 5.25. The van der Waals surface area contributed by atoms with Crippen molar-refractivity contribution < 1.29 is 4.39 Å². The fraction of sp³-hybridized carbons (Fsp3) is 0.571. The summed E-state index contributed by atoms with van der Waals surface area (Å²) < 4.78 is 13.2. The molecule has 0 aromatic heterocycles. The molecule has 2 N–H and O–H groups in total. The Bertz CT molecular complexity index is 333. The number of nitrogens with two attached hydrogens (primary N) is 1. The van der Waals surface area contributed by atoms with E-state index in [1.165, 1.54) is 6.07 Å². The van der Waals surface area contributed by atoms with Gasteiger partial charge in [-0.05, 0) is 30.0 Å². The minimum Gasteiger partial charge on any atom is -0.321 e. The lowest BCUT2D eigenvalue weighted by Crippen LogP contribution is -2.43. The van der Waals surface area contributed by atoms with Crippen molar-refractivity contribution in [1.82, 2.24) is 0 Å². The number of hydrogen-bond donors (Lipinski definition) is 1. The summed E-state index contributed by atoms with van der Waals surface area (Å²) in [6.07, 6.45) is 2.89. The van der Waals surface area contributed by atoms with Gasteiger partial charge in [-0.25, -0.2) is 4.39 Å². The van der Waals surface area contributed by atoms with Crippen LogP contribution in [0.3, 0.4) is 0 Å². The molecule has 1 unspecified atom stereocenters. The van der Waals surface area contributed by atoms with Gasteiger partial charge in [-0.15, -0.1) is 0 Å². The van der Waals surface area contributed by atoms with E-state index in [2.05, 4.69) is 20.8 Å². The lowest BCUT2D eigenvalue weighted by Gasteiger charge is -2.36. The Morgan fingerprint density at radius 2 is 1.88 bits per heavy atom. The zero-order valence-electron chi connectivity index (χ0n) is 10.5. The van der Waals surface area contributed by atoms with Crippen LogP contribution in [0.4, 0.5) is 4.39 Å². The van der Waals surface area contributed by atoms with Crippen molar-refractivity contribution in [2.45, 2.75) is 45.6 Å². The van der Waals surface area contributed by atoms with Crippen molar-refractivity contribution in [3.63, 3.8) is 0 Å². The van der Waals surface area contributed by atoms with Crippen LogP contribution in [0.2, 0.25) is 0 Å². The fourth-order valence-electron chi connectivity index (χ4n) is 2.52. The van der Waals surface area contributed by atoms with Gasteiger partial charge < -0.3 is 5.73 Å². The summed E-state index contributed by atoms with van der Waals surface area (Å²) in [4.78, 5) is 0. The summed E-state index contributed by atoms with van der Waals surface area (Å²) in [6.45, 7) is 6.36. The molecule has 0 fully saturated rings. The fourth-order valence-corrected chi connectivity index (χ4v) is 2.52. The number of hydrogen-bond acceptors (Lipinski definition) is 1. The molecule has 0 amide bonds. The van der Waals surface area contributed by atoms with Crippen LogP contribution in [-0.4, -0.2) is 0 Å². The molecule has 1 rings (SSSR count). The largest absolute Gasteiger partial charge is 0.321 e. The van der Waals surface area contributed by atoms with Crippen molar-refractivity contribution in [3.05, 3.63) is 35.6 Å². The second-order valence-corrected chi connectivity index (χ2v) is 4.42. The molecule has 90 valence electrons. The van der Waals surface area contributed by atoms with Crippen molar-refractivity contribution in [2.24, 2.45) is 11.7 Å². The van der Waals surface area contributed by atoms with Gasteiger partial charge in [-0.1, -0.05) is 45.7 Å². The average Bonchev–Trinajstić information content (AvgIpc) is 2.30. The Morgan fingerprint density at radius 1 is 1.25 bits per heavy atom. The molecule has 1 aromatic rings. The molecule has 0 saturated carbocycles. The van der Waals surface area contributed by atoms with Crippen molar-refractivity contribution in [2.75, 3.05) is 0 Å². The van der Waals surface area contributed by atoms with E-state index >= 15 is 0 Å². The predicted molar refractivity (Wildman–Crippen MR) is 66.6 cm³/mol. The van der Waals surface area contributed by atoms with Crippen LogP contribution in [0.1, 0.15) is 45.6 Å². The SMILES string of the molecule is CCC(CC)C(N)(CC)c1cccc(F)c1. The summed E-state index contributed by atoms with van der Waals surface area (Å²) in [7, 11) is 0. The lowest BCUT2D eigenvalue weighted by molar-refractivity contribution is 0.247. The van der Waals surface area contributed by atoms with Crippen LogP contribution in [0.25, 0.3) is 0 Å². The maximum absolute atomic E-state index is 13.2. The van der Waals surface area contributed by atoms with E-state index in [9.17, 15) is 4.39 Å². The zero-order valence-corrected chi connectivity index (χ0v) is 10.5. The van der Waals surface area contributed by atoms with Crippen molar-refractivity contribution in [1.29, 1.82) is 0 Å². The Kier molecular flexibility index (Phi) is 4.48. The lowest BCUT2D eigenvalue weighted by atomic mass is 9.74. The van der Waals surface area contributed by atoms with Crippen LogP contribution in [0, 0.1) is 11.7 Å². The normalized spacial score (nSPS) is 15.1. The number of benzene rings is 1. The molecule has 0 bridgehead atoms. The molecular formula is C14H22FN. The molecule has 0 radical (unpaired) electrons. The molecule has 0 aliphatic carbocycles. The molecule has 0 spiro atoms. The van der Waals surface area contributed by atoms with E-state index in [4.69, 9.17) is 5.73 Å². The Morgan fingerprint density at radius 3 is 2.31 bits per heavy atom. The first kappa shape index (κ1) is 13.2. The highest BCUT2D eigenvalue weighted by Crippen LogP contribution is 2.34. The van der Waals surface area contributed by atoms with E-state index in [1.54, 1.807) is 12.1 Å². The van der Waals surface area contributed by atoms with Crippen molar-refractivity contribution >= 4 is 0 Å². The van der Waals surface area contributed by atoms with Crippen LogP contribution < -0.4 is 5.73 Å². The van der Waals surface area contributed by atoms with Gasteiger partial charge in [0.25, 0.3) is 0 Å². The van der Waals surface area contributed by atoms with E-state index in [-0.39, 0.29) is 5.82 Å². The van der Waals surface area contributed by atoms with Gasteiger partial charge in [0.2, 0.25) is 0 Å². The van der Waals surface area contributed by atoms with Crippen molar-refractivity contribution in [3.8, 4) is 0 Å². The third-order valence-electron chi connectivity index (χ3n) is 3.66. The summed E-state index contributed by atoms with van der Waals surface area (Å²) in [5.74, 6) is 0.200. The van der Waals surface area contributed by atoms with Crippen LogP contribution >= 0.6 is 0 Å². The predicted octanol–water partition coefficient (Wildman–Crippen LogP) is 3.83. The summed E-state index contributed by atoms with van der Waals surface area (Å²) in [5, 5.41) is 0. The van der Waals surface area contributed by atoms with Gasteiger partial charge in [0, 0.05) is 5.54 Å². The first-order chi connectivity index (χ1) is 7.58. The van der Waals surface area contributed by atoms with Gasteiger partial charge in [0.1, 0.15) is 5.82 Å². The number of rotatable bonds is 5. The molecule has 1 aromatic carbocycles. The summed E-state index contributed by atoms with van der Waals surface area (Å²) in [6, 6.07) is 6.71. The smallest absolute Gasteiger partial charge is 0.123 e. The molecule has 0 aliphatic heterocycles. The quantitative estimate of drug-likeness (QED) is 0.806. The monoisotopic (exact) mass is 223 g/mol. The van der Waals surface area contributed by atoms with Crippen LogP contribution in [0.15, 0.2) is 24.3 Å². The molecular weight excluding hydrogens is 201 g/mol. The topological polar surface area (TPSA) is 26.0 Å². The second kappa shape index (κ2) is 5.44. The number of halogens is 1. The van der Waals surface area contributed by atoms with Gasteiger partial charge in [-0.3, -0.25) is 0 Å². The van der Waals surface area contributed by atoms with Gasteiger partial charge in [0.05, 0.1) is 0 Å². The molecule has 1 nitrogen and oxygen atoms in total. The molecule has 0 aliphatic rings. The first-order valence-electron chi connectivity index (χ1n) is 6.13. The van der Waals surface area contributed by atoms with E-state index in [1.807, 2.05) is 6.07 Å². The highest BCUT2D eigenvalue weighted by Gasteiger charge is 2.32. The minimum atomic E-state index is -0.397. The second-order valence-electron chi connectivity index (χ2n) is 4.42. The van der Waals surface area contributed by atoms with Gasteiger partial charge in [0.15, 0.2) is 0 Å². The standard InChI is InChI=1S/C14H22FN/c1-4-11(5-2)14(16,6-3)12-8-7-9-13(15)10-12/h7-11H,4-6,16H2,1-3H3. The van der Waals surface area contributed by atoms with E-state index in [0.717, 1.165) is 24.8 Å². The maximum Gasteiger partial charge on any atom is 0.123 e. The third-order valence-corrected chi connectivity index (χ3v) is 3.66. The van der Waals surface area contributed by atoms with Crippen LogP contribution in [-0.2, 0) is 5.54 Å². The average molecular weight is 223 g/mol. The Hall–Kier alpha value is -0.890. The first-order valence-corrected chi connectivity index (χ1v) is 6.13. The Labute approximate surface area is 97.9 Å². The zero-order chi connectivity index (χ0) is 12.2. The molecule has 0 saturated heterocycles. The maximum atomic E-state index is 13.2. The molecule has 2 heteroatoms. The molecule has 0 heterocycles. The Balaban J connectivity index is 3.13. The molecule has 1 atom stereocenters. The van der Waals surface area contributed by atoms with Crippen LogP contribution in [0.5, 0.6) is 0 Å². The van der Waals surface area contributed by atoms with E-state index < -0.39 is 5.54 Å². The molecule has 16 heavy (non-hydrogen) atoms. The third kappa shape index (κ3) is 2.43. The highest BCUT2D eigenvalue weighted by atomic mass is 19.1. The summed E-state index contributed by atoms with van der Waals surface area (Å²) >= 11 is 0. The summed E-state index contributed by atoms with van der Waals surface area (Å²) in [5.41, 5.74) is 7.01.